The van der Waals surface area contributed by atoms with Crippen LogP contribution in [0.5, 0.6) is 11.5 Å². The van der Waals surface area contributed by atoms with Gasteiger partial charge >= 0.3 is 5.97 Å². The molecule has 0 saturated heterocycles. The van der Waals surface area contributed by atoms with Gasteiger partial charge in [0, 0.05) is 10.0 Å². The Morgan fingerprint density at radius 3 is 2.53 bits per heavy atom. The van der Waals surface area contributed by atoms with Gasteiger partial charge in [0.25, 0.3) is 5.56 Å². The van der Waals surface area contributed by atoms with Crippen molar-refractivity contribution in [2.75, 3.05) is 20.3 Å². The summed E-state index contributed by atoms with van der Waals surface area (Å²) >= 11 is 8.38. The second-order valence-corrected chi connectivity index (χ2v) is 11.2. The van der Waals surface area contributed by atoms with Crippen molar-refractivity contribution in [1.29, 1.82) is 0 Å². The largest absolute Gasteiger partial charge is 0.496 e. The molecule has 0 bridgehead atoms. The predicted molar refractivity (Wildman–Crippen MR) is 156 cm³/mol. The molecule has 200 valence electrons. The van der Waals surface area contributed by atoms with Crippen LogP contribution in [0.2, 0.25) is 0 Å². The first-order valence-corrected chi connectivity index (χ1v) is 14.7. The average molecular weight is 664 g/mol. The summed E-state index contributed by atoms with van der Waals surface area (Å²) in [5.41, 5.74) is 2.23. The third-order valence-electron chi connectivity index (χ3n) is 5.93. The van der Waals surface area contributed by atoms with Crippen LogP contribution in [0.3, 0.4) is 0 Å². The summed E-state index contributed by atoms with van der Waals surface area (Å²) in [6.07, 6.45) is 3.17. The third kappa shape index (κ3) is 5.67. The van der Waals surface area contributed by atoms with Crippen molar-refractivity contribution in [2.45, 2.75) is 39.7 Å². The molecule has 0 amide bonds. The van der Waals surface area contributed by atoms with Gasteiger partial charge in [0.15, 0.2) is 4.80 Å². The zero-order chi connectivity index (χ0) is 27.4. The van der Waals surface area contributed by atoms with E-state index in [1.54, 1.807) is 18.6 Å². The number of esters is 1. The molecule has 2 aromatic carbocycles. The minimum Gasteiger partial charge on any atom is -0.496 e. The van der Waals surface area contributed by atoms with E-state index in [2.05, 4.69) is 31.9 Å². The number of ether oxygens (including phenoxy) is 3. The number of carbonyl (C=O) groups excluding carboxylic acids is 1. The summed E-state index contributed by atoms with van der Waals surface area (Å²) in [5.74, 6) is 0.801. The lowest BCUT2D eigenvalue weighted by Crippen LogP contribution is -2.40. The molecule has 0 fully saturated rings. The molecule has 3 aromatic rings. The minimum absolute atomic E-state index is 0.209. The first-order chi connectivity index (χ1) is 18.3. The fourth-order valence-electron chi connectivity index (χ4n) is 4.36. The molecule has 0 saturated carbocycles. The molecule has 7 nitrogen and oxygen atoms in total. The molecular weight excluding hydrogens is 636 g/mol. The van der Waals surface area contributed by atoms with E-state index >= 15 is 0 Å². The molecule has 0 radical (unpaired) electrons. The van der Waals surface area contributed by atoms with Crippen LogP contribution in [0.25, 0.3) is 6.08 Å². The molecule has 10 heteroatoms. The molecule has 38 heavy (non-hydrogen) atoms. The lowest BCUT2D eigenvalue weighted by atomic mass is 9.93. The quantitative estimate of drug-likeness (QED) is 0.282. The van der Waals surface area contributed by atoms with Gasteiger partial charge in [0.1, 0.15) is 17.5 Å². The Balaban J connectivity index is 2.00. The van der Waals surface area contributed by atoms with Gasteiger partial charge in [-0.1, -0.05) is 46.7 Å². The van der Waals surface area contributed by atoms with Crippen molar-refractivity contribution in [3.8, 4) is 11.5 Å². The summed E-state index contributed by atoms with van der Waals surface area (Å²) in [7, 11) is 1.57. The van der Waals surface area contributed by atoms with Gasteiger partial charge in [-0.05, 0) is 78.2 Å². The first-order valence-electron chi connectivity index (χ1n) is 12.3. The van der Waals surface area contributed by atoms with Gasteiger partial charge < -0.3 is 14.2 Å². The Labute approximate surface area is 241 Å². The van der Waals surface area contributed by atoms with Crippen LogP contribution in [0.15, 0.2) is 66.4 Å². The summed E-state index contributed by atoms with van der Waals surface area (Å²) < 4.78 is 20.4. The first kappa shape index (κ1) is 28.3. The maximum absolute atomic E-state index is 13.9. The van der Waals surface area contributed by atoms with Crippen LogP contribution < -0.4 is 24.4 Å². The fraction of sp³-hybridized carbons (Fsp3) is 0.321. The minimum atomic E-state index is -0.756. The highest BCUT2D eigenvalue weighted by Gasteiger charge is 2.36. The predicted octanol–water partition coefficient (Wildman–Crippen LogP) is 5.51. The number of benzene rings is 2. The summed E-state index contributed by atoms with van der Waals surface area (Å²) in [4.78, 5) is 32.6. The highest BCUT2D eigenvalue weighted by molar-refractivity contribution is 9.10. The SMILES string of the molecule is CCCC1=C(C(=O)OCC)[C@H](c2cc(Br)ccc2OC)n2c(s/c(=C/c3ccc(OCC)c(Br)c3)c2=O)=N1. The van der Waals surface area contributed by atoms with Gasteiger partial charge in [-0.2, -0.15) is 0 Å². The van der Waals surface area contributed by atoms with Gasteiger partial charge in [-0.15, -0.1) is 0 Å². The average Bonchev–Trinajstić information content (AvgIpc) is 3.19. The van der Waals surface area contributed by atoms with Crippen LogP contribution in [0.1, 0.15) is 50.8 Å². The van der Waals surface area contributed by atoms with Crippen molar-refractivity contribution in [3.05, 3.63) is 87.4 Å². The molecular formula is C28H28Br2N2O5S. The number of methoxy groups -OCH3 is 1. The van der Waals surface area contributed by atoms with Crippen molar-refractivity contribution in [1.82, 2.24) is 4.57 Å². The number of fused-ring (bicyclic) bond motifs is 1. The lowest BCUT2D eigenvalue weighted by Gasteiger charge is -2.27. The number of hydrogen-bond donors (Lipinski definition) is 0. The zero-order valence-corrected chi connectivity index (χ0v) is 25.5. The number of halogens is 2. The number of allylic oxidation sites excluding steroid dienone is 1. The highest BCUT2D eigenvalue weighted by Crippen LogP contribution is 2.38. The van der Waals surface area contributed by atoms with E-state index in [9.17, 15) is 9.59 Å². The molecule has 1 atom stereocenters. The van der Waals surface area contributed by atoms with Crippen molar-refractivity contribution in [3.63, 3.8) is 0 Å². The molecule has 0 spiro atoms. The molecule has 1 aliphatic rings. The van der Waals surface area contributed by atoms with E-state index in [0.29, 0.717) is 44.9 Å². The Kier molecular flexibility index (Phi) is 9.27. The van der Waals surface area contributed by atoms with Gasteiger partial charge in [0.05, 0.1) is 40.6 Å². The van der Waals surface area contributed by atoms with E-state index < -0.39 is 12.0 Å². The van der Waals surface area contributed by atoms with E-state index in [1.165, 1.54) is 11.3 Å². The lowest BCUT2D eigenvalue weighted by molar-refractivity contribution is -0.139. The normalized spacial score (nSPS) is 15.2. The number of nitrogens with zero attached hydrogens (tertiary/aromatic N) is 2. The van der Waals surface area contributed by atoms with E-state index in [1.807, 2.05) is 56.3 Å². The van der Waals surface area contributed by atoms with Crippen LogP contribution >= 0.6 is 43.2 Å². The van der Waals surface area contributed by atoms with E-state index in [4.69, 9.17) is 19.2 Å². The molecule has 1 aromatic heterocycles. The maximum atomic E-state index is 13.9. The Bertz CT molecular complexity index is 1570. The number of thiazole rings is 1. The molecule has 0 N–H and O–H groups in total. The smallest absolute Gasteiger partial charge is 0.338 e. The number of rotatable bonds is 9. The maximum Gasteiger partial charge on any atom is 0.338 e. The monoisotopic (exact) mass is 662 g/mol. The Morgan fingerprint density at radius 2 is 1.87 bits per heavy atom. The molecule has 1 aliphatic heterocycles. The standard InChI is InChI=1S/C28H28Br2N2O5S/c1-5-8-20-24(27(34)37-7-3)25(18-15-17(29)10-12-21(18)35-4)32-26(33)23(38-28(32)31-20)14-16-9-11-22(36-6-2)19(30)13-16/h9-15,25H,5-8H2,1-4H3/b23-14+/t25-/m0/s1. The third-order valence-corrected chi connectivity index (χ3v) is 8.03. The second kappa shape index (κ2) is 12.4. The van der Waals surface area contributed by atoms with Gasteiger partial charge in [-0.25, -0.2) is 9.79 Å². The highest BCUT2D eigenvalue weighted by atomic mass is 79.9. The Hall–Kier alpha value is -2.69. The zero-order valence-electron chi connectivity index (χ0n) is 21.5. The number of carbonyl (C=O) groups is 1. The van der Waals surface area contributed by atoms with Gasteiger partial charge in [-0.3, -0.25) is 9.36 Å². The van der Waals surface area contributed by atoms with Gasteiger partial charge in [0.2, 0.25) is 0 Å². The topological polar surface area (TPSA) is 79.1 Å². The Morgan fingerprint density at radius 1 is 1.11 bits per heavy atom. The molecule has 0 aliphatic carbocycles. The molecule has 4 rings (SSSR count). The van der Waals surface area contributed by atoms with Crippen LogP contribution in [-0.4, -0.2) is 30.9 Å². The summed E-state index contributed by atoms with van der Waals surface area (Å²) in [6.45, 7) is 6.48. The van der Waals surface area contributed by atoms with Crippen molar-refractivity contribution in [2.24, 2.45) is 4.99 Å². The van der Waals surface area contributed by atoms with Crippen molar-refractivity contribution < 1.29 is 19.0 Å². The second-order valence-electron chi connectivity index (χ2n) is 8.42. The van der Waals surface area contributed by atoms with Crippen LogP contribution in [-0.2, 0) is 9.53 Å². The summed E-state index contributed by atoms with van der Waals surface area (Å²) in [5, 5.41) is 0. The number of hydrogen-bond acceptors (Lipinski definition) is 7. The fourth-order valence-corrected chi connectivity index (χ4v) is 6.27. The van der Waals surface area contributed by atoms with Crippen LogP contribution in [0.4, 0.5) is 0 Å². The van der Waals surface area contributed by atoms with E-state index in [-0.39, 0.29) is 12.2 Å². The molecule has 0 unspecified atom stereocenters. The van der Waals surface area contributed by atoms with E-state index in [0.717, 1.165) is 26.7 Å². The van der Waals surface area contributed by atoms with Crippen LogP contribution in [0, 0.1) is 0 Å². The molecule has 2 heterocycles. The summed E-state index contributed by atoms with van der Waals surface area (Å²) in [6, 6.07) is 10.5. The number of aromatic nitrogens is 1. The van der Waals surface area contributed by atoms with Crippen molar-refractivity contribution >= 4 is 55.2 Å².